The van der Waals surface area contributed by atoms with Gasteiger partial charge in [-0.2, -0.15) is 5.26 Å². The Morgan fingerprint density at radius 3 is 2.92 bits per heavy atom. The molecule has 136 valence electrons. The summed E-state index contributed by atoms with van der Waals surface area (Å²) in [4.78, 5) is 11.9. The van der Waals surface area contributed by atoms with Crippen molar-refractivity contribution in [3.63, 3.8) is 0 Å². The van der Waals surface area contributed by atoms with Gasteiger partial charge in [0.2, 0.25) is 5.96 Å². The van der Waals surface area contributed by atoms with Gasteiger partial charge in [-0.3, -0.25) is 10.3 Å². The summed E-state index contributed by atoms with van der Waals surface area (Å²) < 4.78 is 0. The molecule has 0 amide bonds. The highest BCUT2D eigenvalue weighted by atomic mass is 15.2. The van der Waals surface area contributed by atoms with Gasteiger partial charge < -0.3 is 15.6 Å². The Kier molecular flexibility index (Phi) is 6.48. The van der Waals surface area contributed by atoms with Crippen LogP contribution < -0.4 is 16.0 Å². The number of benzene rings is 1. The van der Waals surface area contributed by atoms with Crippen LogP contribution in [0.25, 0.3) is 0 Å². The van der Waals surface area contributed by atoms with Crippen LogP contribution in [0, 0.1) is 17.4 Å². The molecule has 4 N–H and O–H groups in total. The number of rotatable bonds is 7. The van der Waals surface area contributed by atoms with E-state index in [1.165, 1.54) is 5.69 Å². The van der Waals surface area contributed by atoms with Crippen molar-refractivity contribution in [3.05, 3.63) is 48.5 Å². The third kappa shape index (κ3) is 5.24. The van der Waals surface area contributed by atoms with Crippen LogP contribution in [0.1, 0.15) is 30.9 Å². The molecule has 2 atom stereocenters. The fourth-order valence-corrected chi connectivity index (χ4v) is 3.37. The maximum Gasteiger partial charge on any atom is 0.204 e. The smallest absolute Gasteiger partial charge is 0.204 e. The molecule has 1 aromatic carbocycles. The Balaban J connectivity index is 1.41. The summed E-state index contributed by atoms with van der Waals surface area (Å²) in [6, 6.07) is 10.0. The molecular weight excluding hydrogens is 326 g/mol. The second kappa shape index (κ2) is 9.47. The standard InChI is InChI=1S/C19H25N7/c20-13-25-19(23-9-8-22-17-4-2-1-3-5-17)24-11-15-6-7-16(10-15)18-12-21-14-26-18/h1-5,12,14-16,22H,6-11H2,(H,21,26)(H2,23,24,25)/t15-,16+/m1/s1. The molecule has 7 nitrogen and oxygen atoms in total. The van der Waals surface area contributed by atoms with Crippen LogP contribution >= 0.6 is 0 Å². The summed E-state index contributed by atoms with van der Waals surface area (Å²) in [5.41, 5.74) is 2.30. The fraction of sp³-hybridized carbons (Fsp3) is 0.421. The van der Waals surface area contributed by atoms with Gasteiger partial charge >= 0.3 is 0 Å². The van der Waals surface area contributed by atoms with Gasteiger partial charge in [-0.25, -0.2) is 4.98 Å². The average molecular weight is 351 g/mol. The number of anilines is 1. The highest BCUT2D eigenvalue weighted by Gasteiger charge is 2.26. The first-order valence-corrected chi connectivity index (χ1v) is 9.05. The van der Waals surface area contributed by atoms with E-state index in [-0.39, 0.29) is 0 Å². The number of aromatic nitrogens is 2. The van der Waals surface area contributed by atoms with Crippen LogP contribution in [0.3, 0.4) is 0 Å². The summed E-state index contributed by atoms with van der Waals surface area (Å²) in [7, 11) is 0. The number of aliphatic imine (C=N–C) groups is 1. The topological polar surface area (TPSA) is 101 Å². The first kappa shape index (κ1) is 17.8. The number of hydrogen-bond acceptors (Lipinski definition) is 4. The van der Waals surface area contributed by atoms with Gasteiger partial charge in [0.1, 0.15) is 0 Å². The molecule has 1 heterocycles. The molecule has 0 radical (unpaired) electrons. The molecular formula is C19H25N7. The van der Waals surface area contributed by atoms with Crippen molar-refractivity contribution in [2.45, 2.75) is 25.2 Å². The fourth-order valence-electron chi connectivity index (χ4n) is 3.37. The highest BCUT2D eigenvalue weighted by Crippen LogP contribution is 2.37. The summed E-state index contributed by atoms with van der Waals surface area (Å²) in [5.74, 6) is 1.64. The minimum Gasteiger partial charge on any atom is -0.383 e. The normalized spacial score (nSPS) is 19.7. The monoisotopic (exact) mass is 351 g/mol. The van der Waals surface area contributed by atoms with Gasteiger partial charge in [0.05, 0.1) is 6.33 Å². The van der Waals surface area contributed by atoms with E-state index in [2.05, 4.69) is 30.9 Å². The molecule has 7 heteroatoms. The number of hydrogen-bond donors (Lipinski definition) is 4. The minimum atomic E-state index is 0.544. The van der Waals surface area contributed by atoms with Crippen LogP contribution in [0.4, 0.5) is 5.69 Å². The summed E-state index contributed by atoms with van der Waals surface area (Å²) >= 11 is 0. The highest BCUT2D eigenvalue weighted by molar-refractivity contribution is 5.81. The minimum absolute atomic E-state index is 0.544. The van der Waals surface area contributed by atoms with Gasteiger partial charge in [0.25, 0.3) is 0 Å². The second-order valence-corrected chi connectivity index (χ2v) is 6.53. The SMILES string of the molecule is N#CNC(=NC[C@@H]1CC[C@H](c2cnc[nH]2)C1)NCCNc1ccccc1. The lowest BCUT2D eigenvalue weighted by molar-refractivity contribution is 0.548. The van der Waals surface area contributed by atoms with Crippen LogP contribution in [0.2, 0.25) is 0 Å². The van der Waals surface area contributed by atoms with Crippen molar-refractivity contribution in [2.75, 3.05) is 25.0 Å². The lowest BCUT2D eigenvalue weighted by Crippen LogP contribution is -2.37. The first-order chi connectivity index (χ1) is 12.8. The zero-order valence-corrected chi connectivity index (χ0v) is 14.8. The van der Waals surface area contributed by atoms with E-state index in [9.17, 15) is 0 Å². The average Bonchev–Trinajstić information content (AvgIpc) is 3.35. The van der Waals surface area contributed by atoms with Gasteiger partial charge in [0, 0.05) is 43.1 Å². The van der Waals surface area contributed by atoms with E-state index in [4.69, 9.17) is 5.26 Å². The molecule has 0 spiro atoms. The molecule has 1 aliphatic carbocycles. The Bertz CT molecular complexity index is 718. The van der Waals surface area contributed by atoms with E-state index < -0.39 is 0 Å². The molecule has 0 unspecified atom stereocenters. The molecule has 0 aliphatic heterocycles. The summed E-state index contributed by atoms with van der Waals surface area (Å²) in [6.45, 7) is 2.17. The molecule has 0 bridgehead atoms. The van der Waals surface area contributed by atoms with Gasteiger partial charge in [-0.05, 0) is 37.3 Å². The van der Waals surface area contributed by atoms with Crippen LogP contribution in [-0.2, 0) is 0 Å². The Morgan fingerprint density at radius 2 is 2.15 bits per heavy atom. The molecule has 1 aromatic heterocycles. The zero-order chi connectivity index (χ0) is 18.0. The molecule has 26 heavy (non-hydrogen) atoms. The van der Waals surface area contributed by atoms with E-state index in [0.717, 1.165) is 38.0 Å². The van der Waals surface area contributed by atoms with Crippen molar-refractivity contribution < 1.29 is 0 Å². The Labute approximate surface area is 153 Å². The third-order valence-electron chi connectivity index (χ3n) is 4.70. The van der Waals surface area contributed by atoms with Gasteiger partial charge in [-0.15, -0.1) is 0 Å². The van der Waals surface area contributed by atoms with Crippen LogP contribution in [0.5, 0.6) is 0 Å². The predicted molar refractivity (Wildman–Crippen MR) is 103 cm³/mol. The maximum absolute atomic E-state index is 8.92. The van der Waals surface area contributed by atoms with Crippen molar-refractivity contribution in [1.29, 1.82) is 5.26 Å². The van der Waals surface area contributed by atoms with Crippen LogP contribution in [-0.4, -0.2) is 35.6 Å². The Morgan fingerprint density at radius 1 is 1.27 bits per heavy atom. The molecule has 3 rings (SSSR count). The number of para-hydroxylation sites is 1. The van der Waals surface area contributed by atoms with Gasteiger partial charge in [0.15, 0.2) is 6.19 Å². The number of H-pyrrole nitrogens is 1. The van der Waals surface area contributed by atoms with E-state index >= 15 is 0 Å². The lowest BCUT2D eigenvalue weighted by atomic mass is 10.0. The van der Waals surface area contributed by atoms with Gasteiger partial charge in [-0.1, -0.05) is 18.2 Å². The predicted octanol–water partition coefficient (Wildman–Crippen LogP) is 2.42. The quantitative estimate of drug-likeness (QED) is 0.202. The zero-order valence-electron chi connectivity index (χ0n) is 14.8. The molecule has 0 saturated heterocycles. The van der Waals surface area contributed by atoms with E-state index in [0.29, 0.717) is 24.3 Å². The van der Waals surface area contributed by atoms with E-state index in [1.54, 1.807) is 6.33 Å². The molecule has 2 aromatic rings. The molecule has 1 aliphatic rings. The van der Waals surface area contributed by atoms with Crippen molar-refractivity contribution in [3.8, 4) is 6.19 Å². The maximum atomic E-state index is 8.92. The van der Waals surface area contributed by atoms with Crippen molar-refractivity contribution in [1.82, 2.24) is 20.6 Å². The number of imidazole rings is 1. The summed E-state index contributed by atoms with van der Waals surface area (Å²) in [5, 5.41) is 18.1. The molecule has 1 saturated carbocycles. The number of nitrogens with one attached hydrogen (secondary N) is 4. The van der Waals surface area contributed by atoms with Crippen molar-refractivity contribution in [2.24, 2.45) is 10.9 Å². The third-order valence-corrected chi connectivity index (χ3v) is 4.70. The van der Waals surface area contributed by atoms with Crippen molar-refractivity contribution >= 4 is 11.6 Å². The number of guanidine groups is 1. The van der Waals surface area contributed by atoms with Crippen LogP contribution in [0.15, 0.2) is 47.8 Å². The first-order valence-electron chi connectivity index (χ1n) is 9.05. The number of nitriles is 1. The largest absolute Gasteiger partial charge is 0.383 e. The number of aromatic amines is 1. The second-order valence-electron chi connectivity index (χ2n) is 6.53. The van der Waals surface area contributed by atoms with E-state index in [1.807, 2.05) is 42.7 Å². The molecule has 1 fully saturated rings. The number of nitrogens with zero attached hydrogens (tertiary/aromatic N) is 3. The Hall–Kier alpha value is -3.01. The summed E-state index contributed by atoms with van der Waals surface area (Å²) in [6.07, 6.45) is 9.04. The lowest BCUT2D eigenvalue weighted by Gasteiger charge is -2.12.